The molecular formula is C9H18N2O2. The highest BCUT2D eigenvalue weighted by molar-refractivity contribution is 5.86. The topological polar surface area (TPSA) is 66.6 Å². The van der Waals surface area contributed by atoms with E-state index in [1.54, 1.807) is 0 Å². The lowest BCUT2D eigenvalue weighted by atomic mass is 9.91. The standard InChI is InChI=1S/C9H18N2O2/c1-11-4-2-3-7(5-11)9(13)8(10)6-12/h7-8,12H,2-6,10H2,1H3. The molecule has 1 heterocycles. The van der Waals surface area contributed by atoms with Crippen molar-refractivity contribution in [2.45, 2.75) is 18.9 Å². The first-order valence-electron chi connectivity index (χ1n) is 4.74. The number of nitrogens with zero attached hydrogens (tertiary/aromatic N) is 1. The first-order valence-corrected chi connectivity index (χ1v) is 4.74. The van der Waals surface area contributed by atoms with Crippen LogP contribution >= 0.6 is 0 Å². The van der Waals surface area contributed by atoms with E-state index in [0.717, 1.165) is 25.9 Å². The van der Waals surface area contributed by atoms with Gasteiger partial charge in [0.2, 0.25) is 0 Å². The summed E-state index contributed by atoms with van der Waals surface area (Å²) in [7, 11) is 2.00. The van der Waals surface area contributed by atoms with Crippen LogP contribution in [0.4, 0.5) is 0 Å². The highest BCUT2D eigenvalue weighted by atomic mass is 16.3. The van der Waals surface area contributed by atoms with E-state index < -0.39 is 6.04 Å². The molecule has 1 fully saturated rings. The maximum absolute atomic E-state index is 11.6. The summed E-state index contributed by atoms with van der Waals surface area (Å²) >= 11 is 0. The molecule has 0 aromatic carbocycles. The number of piperidine rings is 1. The van der Waals surface area contributed by atoms with Crippen LogP contribution in [0.3, 0.4) is 0 Å². The SMILES string of the molecule is CN1CCCC(C(=O)C(N)CO)C1. The zero-order valence-electron chi connectivity index (χ0n) is 8.07. The number of carbonyl (C=O) groups is 1. The van der Waals surface area contributed by atoms with Gasteiger partial charge in [-0.1, -0.05) is 0 Å². The van der Waals surface area contributed by atoms with Gasteiger partial charge in [0.15, 0.2) is 5.78 Å². The van der Waals surface area contributed by atoms with Crippen LogP contribution in [0.1, 0.15) is 12.8 Å². The number of nitrogens with two attached hydrogens (primary N) is 1. The maximum Gasteiger partial charge on any atom is 0.156 e. The molecule has 4 nitrogen and oxygen atoms in total. The predicted molar refractivity (Wildman–Crippen MR) is 50.3 cm³/mol. The third kappa shape index (κ3) is 2.76. The van der Waals surface area contributed by atoms with Crippen LogP contribution in [-0.4, -0.2) is 48.6 Å². The fraction of sp³-hybridized carbons (Fsp3) is 0.889. The second-order valence-electron chi connectivity index (χ2n) is 3.79. The highest BCUT2D eigenvalue weighted by Gasteiger charge is 2.27. The van der Waals surface area contributed by atoms with Gasteiger partial charge in [-0.05, 0) is 26.4 Å². The number of hydrogen-bond donors (Lipinski definition) is 2. The Morgan fingerprint density at radius 1 is 1.77 bits per heavy atom. The summed E-state index contributed by atoms with van der Waals surface area (Å²) in [6.45, 7) is 1.60. The Morgan fingerprint density at radius 3 is 3.00 bits per heavy atom. The van der Waals surface area contributed by atoms with Gasteiger partial charge >= 0.3 is 0 Å². The number of aliphatic hydroxyl groups is 1. The Morgan fingerprint density at radius 2 is 2.46 bits per heavy atom. The molecule has 1 aliphatic heterocycles. The number of ketones is 1. The van der Waals surface area contributed by atoms with E-state index in [1.807, 2.05) is 7.05 Å². The van der Waals surface area contributed by atoms with E-state index in [9.17, 15) is 4.79 Å². The Bertz CT molecular complexity index is 184. The van der Waals surface area contributed by atoms with Crippen molar-refractivity contribution in [1.29, 1.82) is 0 Å². The van der Waals surface area contributed by atoms with Crippen molar-refractivity contribution in [3.05, 3.63) is 0 Å². The van der Waals surface area contributed by atoms with Crippen molar-refractivity contribution in [2.75, 3.05) is 26.7 Å². The Balaban J connectivity index is 2.46. The van der Waals surface area contributed by atoms with Gasteiger partial charge in [0.05, 0.1) is 12.6 Å². The summed E-state index contributed by atoms with van der Waals surface area (Å²) in [5.41, 5.74) is 5.47. The molecule has 2 unspecified atom stereocenters. The van der Waals surface area contributed by atoms with Gasteiger partial charge < -0.3 is 15.7 Å². The quantitative estimate of drug-likeness (QED) is 0.606. The summed E-state index contributed by atoms with van der Waals surface area (Å²) in [6, 6.07) is -0.684. The molecule has 0 aromatic rings. The predicted octanol–water partition coefficient (Wildman–Crippen LogP) is -0.783. The lowest BCUT2D eigenvalue weighted by molar-refractivity contribution is -0.126. The van der Waals surface area contributed by atoms with Crippen LogP contribution in [-0.2, 0) is 4.79 Å². The second-order valence-corrected chi connectivity index (χ2v) is 3.79. The molecule has 0 radical (unpaired) electrons. The Labute approximate surface area is 78.7 Å². The van der Waals surface area contributed by atoms with Crippen molar-refractivity contribution in [1.82, 2.24) is 4.90 Å². The van der Waals surface area contributed by atoms with Crippen LogP contribution in [0.25, 0.3) is 0 Å². The number of carbonyl (C=O) groups excluding carboxylic acids is 1. The van der Waals surface area contributed by atoms with Gasteiger partial charge in [0.1, 0.15) is 0 Å². The van der Waals surface area contributed by atoms with Gasteiger partial charge in [-0.2, -0.15) is 0 Å². The smallest absolute Gasteiger partial charge is 0.156 e. The van der Waals surface area contributed by atoms with E-state index in [1.165, 1.54) is 0 Å². The van der Waals surface area contributed by atoms with Gasteiger partial charge in [-0.15, -0.1) is 0 Å². The van der Waals surface area contributed by atoms with Gasteiger partial charge in [-0.3, -0.25) is 4.79 Å². The molecule has 1 aliphatic rings. The van der Waals surface area contributed by atoms with E-state index in [2.05, 4.69) is 4.90 Å². The van der Waals surface area contributed by atoms with Crippen molar-refractivity contribution in [3.63, 3.8) is 0 Å². The van der Waals surface area contributed by atoms with E-state index in [4.69, 9.17) is 10.8 Å². The molecule has 1 rings (SSSR count). The number of aliphatic hydroxyl groups excluding tert-OH is 1. The highest BCUT2D eigenvalue weighted by Crippen LogP contribution is 2.16. The number of Topliss-reactive ketones (excluding diaryl/α,β-unsaturated/α-hetero) is 1. The fourth-order valence-corrected chi connectivity index (χ4v) is 1.79. The number of hydrogen-bond acceptors (Lipinski definition) is 4. The lowest BCUT2D eigenvalue weighted by Crippen LogP contribution is -2.44. The summed E-state index contributed by atoms with van der Waals surface area (Å²) < 4.78 is 0. The number of rotatable bonds is 3. The van der Waals surface area contributed by atoms with Crippen LogP contribution in [0.15, 0.2) is 0 Å². The molecule has 4 heteroatoms. The second kappa shape index (κ2) is 4.69. The molecule has 0 spiro atoms. The third-order valence-electron chi connectivity index (χ3n) is 2.59. The van der Waals surface area contributed by atoms with Gasteiger partial charge in [0.25, 0.3) is 0 Å². The molecular weight excluding hydrogens is 168 g/mol. The van der Waals surface area contributed by atoms with E-state index in [0.29, 0.717) is 0 Å². The molecule has 0 bridgehead atoms. The summed E-state index contributed by atoms with van der Waals surface area (Å²) in [4.78, 5) is 13.7. The zero-order valence-corrected chi connectivity index (χ0v) is 8.07. The van der Waals surface area contributed by atoms with Crippen LogP contribution in [0, 0.1) is 5.92 Å². The molecule has 0 aliphatic carbocycles. The monoisotopic (exact) mass is 186 g/mol. The van der Waals surface area contributed by atoms with Crippen LogP contribution in [0.2, 0.25) is 0 Å². The third-order valence-corrected chi connectivity index (χ3v) is 2.59. The minimum atomic E-state index is -0.684. The van der Waals surface area contributed by atoms with Crippen molar-refractivity contribution in [2.24, 2.45) is 11.7 Å². The van der Waals surface area contributed by atoms with Crippen molar-refractivity contribution >= 4 is 5.78 Å². The van der Waals surface area contributed by atoms with Crippen molar-refractivity contribution in [3.8, 4) is 0 Å². The fourth-order valence-electron chi connectivity index (χ4n) is 1.79. The van der Waals surface area contributed by atoms with Crippen LogP contribution in [0.5, 0.6) is 0 Å². The van der Waals surface area contributed by atoms with E-state index >= 15 is 0 Å². The van der Waals surface area contributed by atoms with Crippen LogP contribution < -0.4 is 5.73 Å². The summed E-state index contributed by atoms with van der Waals surface area (Å²) in [5.74, 6) is 0.0370. The molecule has 2 atom stereocenters. The maximum atomic E-state index is 11.6. The average Bonchev–Trinajstić information content (AvgIpc) is 2.15. The number of likely N-dealkylation sites (tertiary alicyclic amines) is 1. The minimum Gasteiger partial charge on any atom is -0.394 e. The summed E-state index contributed by atoms with van der Waals surface area (Å²) in [5, 5.41) is 8.74. The molecule has 0 amide bonds. The zero-order chi connectivity index (χ0) is 9.84. The van der Waals surface area contributed by atoms with Gasteiger partial charge in [-0.25, -0.2) is 0 Å². The minimum absolute atomic E-state index is 0.00838. The summed E-state index contributed by atoms with van der Waals surface area (Å²) in [6.07, 6.45) is 1.96. The average molecular weight is 186 g/mol. The molecule has 1 saturated heterocycles. The first-order chi connectivity index (χ1) is 6.15. The normalized spacial score (nSPS) is 27.2. The van der Waals surface area contributed by atoms with Gasteiger partial charge in [0, 0.05) is 12.5 Å². The van der Waals surface area contributed by atoms with E-state index in [-0.39, 0.29) is 18.3 Å². The Hall–Kier alpha value is -0.450. The molecule has 76 valence electrons. The molecule has 13 heavy (non-hydrogen) atoms. The molecule has 0 aromatic heterocycles. The molecule has 3 N–H and O–H groups in total. The first kappa shape index (κ1) is 10.6. The largest absolute Gasteiger partial charge is 0.394 e. The molecule has 0 saturated carbocycles. The van der Waals surface area contributed by atoms with Crippen molar-refractivity contribution < 1.29 is 9.90 Å². The lowest BCUT2D eigenvalue weighted by Gasteiger charge is -2.29. The Kier molecular flexibility index (Phi) is 3.84.